The van der Waals surface area contributed by atoms with Crippen molar-refractivity contribution in [3.63, 3.8) is 0 Å². The molecule has 1 atom stereocenters. The van der Waals surface area contributed by atoms with Gasteiger partial charge in [0.15, 0.2) is 0 Å². The van der Waals surface area contributed by atoms with Crippen molar-refractivity contribution in [2.24, 2.45) is 0 Å². The third-order valence-corrected chi connectivity index (χ3v) is 3.48. The Labute approximate surface area is 120 Å². The maximum atomic E-state index is 14.0. The van der Waals surface area contributed by atoms with Gasteiger partial charge in [-0.05, 0) is 37.9 Å². The highest BCUT2D eigenvalue weighted by molar-refractivity contribution is 5.27. The maximum Gasteiger partial charge on any atom is 0.127 e. The first-order chi connectivity index (χ1) is 9.70. The summed E-state index contributed by atoms with van der Waals surface area (Å²) in [6, 6.07) is 15.5. The summed E-state index contributed by atoms with van der Waals surface area (Å²) >= 11 is 0. The van der Waals surface area contributed by atoms with Crippen LogP contribution in [0, 0.1) is 12.7 Å². The Kier molecular flexibility index (Phi) is 5.31. The third kappa shape index (κ3) is 3.91. The first kappa shape index (κ1) is 14.7. The molecule has 0 saturated heterocycles. The van der Waals surface area contributed by atoms with Gasteiger partial charge in [0.1, 0.15) is 5.82 Å². The molecular weight excluding hydrogens is 249 g/mol. The summed E-state index contributed by atoms with van der Waals surface area (Å²) in [7, 11) is 0. The monoisotopic (exact) mass is 271 g/mol. The summed E-state index contributed by atoms with van der Waals surface area (Å²) in [5, 5.41) is 3.45. The van der Waals surface area contributed by atoms with Crippen LogP contribution in [-0.4, -0.2) is 6.54 Å². The predicted octanol–water partition coefficient (Wildman–Crippen LogP) is 4.42. The zero-order valence-corrected chi connectivity index (χ0v) is 12.2. The second-order valence-corrected chi connectivity index (χ2v) is 5.22. The number of hydrogen-bond acceptors (Lipinski definition) is 1. The van der Waals surface area contributed by atoms with E-state index in [1.807, 2.05) is 12.1 Å². The van der Waals surface area contributed by atoms with Crippen molar-refractivity contribution in [2.45, 2.75) is 32.7 Å². The molecule has 106 valence electrons. The largest absolute Gasteiger partial charge is 0.310 e. The molecule has 0 saturated carbocycles. The van der Waals surface area contributed by atoms with Crippen molar-refractivity contribution in [3.05, 3.63) is 71.0 Å². The van der Waals surface area contributed by atoms with Crippen LogP contribution in [0.1, 0.15) is 36.1 Å². The number of benzene rings is 2. The Morgan fingerprint density at radius 1 is 1.05 bits per heavy atom. The molecule has 0 aliphatic rings. The van der Waals surface area contributed by atoms with E-state index in [1.165, 1.54) is 17.2 Å². The molecule has 2 aromatic rings. The minimum absolute atomic E-state index is 0.0267. The number of rotatable bonds is 6. The molecule has 2 rings (SSSR count). The van der Waals surface area contributed by atoms with E-state index >= 15 is 0 Å². The lowest BCUT2D eigenvalue weighted by atomic mass is 9.97. The van der Waals surface area contributed by atoms with E-state index in [9.17, 15) is 4.39 Å². The van der Waals surface area contributed by atoms with Crippen LogP contribution in [0.2, 0.25) is 0 Å². The van der Waals surface area contributed by atoms with Gasteiger partial charge < -0.3 is 5.32 Å². The van der Waals surface area contributed by atoms with E-state index in [0.717, 1.165) is 24.9 Å². The van der Waals surface area contributed by atoms with E-state index in [0.29, 0.717) is 0 Å². The average Bonchev–Trinajstić information content (AvgIpc) is 2.46. The highest BCUT2D eigenvalue weighted by Crippen LogP contribution is 2.21. The maximum absolute atomic E-state index is 14.0. The number of aryl methyl sites for hydroxylation is 1. The highest BCUT2D eigenvalue weighted by atomic mass is 19.1. The first-order valence-corrected chi connectivity index (χ1v) is 7.24. The lowest BCUT2D eigenvalue weighted by molar-refractivity contribution is 0.497. The van der Waals surface area contributed by atoms with Crippen molar-refractivity contribution in [2.75, 3.05) is 6.54 Å². The van der Waals surface area contributed by atoms with Crippen molar-refractivity contribution in [1.29, 1.82) is 0 Å². The molecule has 0 heterocycles. The van der Waals surface area contributed by atoms with E-state index < -0.39 is 0 Å². The van der Waals surface area contributed by atoms with Gasteiger partial charge >= 0.3 is 0 Å². The second-order valence-electron chi connectivity index (χ2n) is 5.22. The van der Waals surface area contributed by atoms with Crippen LogP contribution in [0.3, 0.4) is 0 Å². The van der Waals surface area contributed by atoms with Gasteiger partial charge in [-0.3, -0.25) is 0 Å². The Bertz CT molecular complexity index is 533. The molecule has 1 unspecified atom stereocenters. The van der Waals surface area contributed by atoms with Crippen LogP contribution >= 0.6 is 0 Å². The zero-order valence-electron chi connectivity index (χ0n) is 12.2. The van der Waals surface area contributed by atoms with Gasteiger partial charge in [0.25, 0.3) is 0 Å². The van der Waals surface area contributed by atoms with Gasteiger partial charge in [0.05, 0.1) is 0 Å². The molecule has 0 amide bonds. The van der Waals surface area contributed by atoms with Crippen molar-refractivity contribution in [3.8, 4) is 0 Å². The van der Waals surface area contributed by atoms with E-state index in [2.05, 4.69) is 43.4 Å². The SMILES string of the molecule is CCCNC(Cc1ccc(C)cc1)c1ccccc1F. The molecule has 20 heavy (non-hydrogen) atoms. The summed E-state index contributed by atoms with van der Waals surface area (Å²) in [5.41, 5.74) is 3.23. The molecule has 0 fully saturated rings. The Hall–Kier alpha value is -1.67. The molecule has 0 bridgehead atoms. The minimum atomic E-state index is -0.131. The molecule has 0 spiro atoms. The van der Waals surface area contributed by atoms with Crippen molar-refractivity contribution in [1.82, 2.24) is 5.32 Å². The van der Waals surface area contributed by atoms with Gasteiger partial charge in [-0.2, -0.15) is 0 Å². The van der Waals surface area contributed by atoms with Crippen LogP contribution in [0.25, 0.3) is 0 Å². The Balaban J connectivity index is 2.19. The molecule has 0 aliphatic heterocycles. The quantitative estimate of drug-likeness (QED) is 0.820. The number of nitrogens with one attached hydrogen (secondary N) is 1. The Morgan fingerprint density at radius 2 is 1.75 bits per heavy atom. The molecule has 2 heteroatoms. The minimum Gasteiger partial charge on any atom is -0.310 e. The zero-order chi connectivity index (χ0) is 14.4. The van der Waals surface area contributed by atoms with Gasteiger partial charge in [-0.25, -0.2) is 4.39 Å². The average molecular weight is 271 g/mol. The van der Waals surface area contributed by atoms with Crippen molar-refractivity contribution >= 4 is 0 Å². The van der Waals surface area contributed by atoms with Gasteiger partial charge in [0.2, 0.25) is 0 Å². The van der Waals surface area contributed by atoms with Gasteiger partial charge in [-0.15, -0.1) is 0 Å². The van der Waals surface area contributed by atoms with Crippen LogP contribution in [0.15, 0.2) is 48.5 Å². The lowest BCUT2D eigenvalue weighted by Crippen LogP contribution is -2.25. The standard InChI is InChI=1S/C18H22FN/c1-3-12-20-18(16-6-4-5-7-17(16)19)13-15-10-8-14(2)9-11-15/h4-11,18,20H,3,12-13H2,1-2H3. The highest BCUT2D eigenvalue weighted by Gasteiger charge is 2.15. The van der Waals surface area contributed by atoms with Crippen LogP contribution in [0.5, 0.6) is 0 Å². The third-order valence-electron chi connectivity index (χ3n) is 3.48. The smallest absolute Gasteiger partial charge is 0.127 e. The van der Waals surface area contributed by atoms with Crippen molar-refractivity contribution < 1.29 is 4.39 Å². The number of halogens is 1. The fourth-order valence-corrected chi connectivity index (χ4v) is 2.33. The molecule has 0 aromatic heterocycles. The van der Waals surface area contributed by atoms with E-state index in [1.54, 1.807) is 6.07 Å². The van der Waals surface area contributed by atoms with Crippen LogP contribution < -0.4 is 5.32 Å². The van der Waals surface area contributed by atoms with Crippen LogP contribution in [0.4, 0.5) is 4.39 Å². The summed E-state index contributed by atoms with van der Waals surface area (Å²) in [4.78, 5) is 0. The van der Waals surface area contributed by atoms with E-state index in [-0.39, 0.29) is 11.9 Å². The molecular formula is C18H22FN. The van der Waals surface area contributed by atoms with Gasteiger partial charge in [-0.1, -0.05) is 55.0 Å². The Morgan fingerprint density at radius 3 is 2.40 bits per heavy atom. The summed E-state index contributed by atoms with van der Waals surface area (Å²) in [5.74, 6) is -0.131. The molecule has 1 N–H and O–H groups in total. The first-order valence-electron chi connectivity index (χ1n) is 7.24. The second kappa shape index (κ2) is 7.20. The summed E-state index contributed by atoms with van der Waals surface area (Å²) in [6.45, 7) is 5.09. The van der Waals surface area contributed by atoms with Gasteiger partial charge in [0, 0.05) is 11.6 Å². The summed E-state index contributed by atoms with van der Waals surface area (Å²) < 4.78 is 14.0. The molecule has 0 aliphatic carbocycles. The summed E-state index contributed by atoms with van der Waals surface area (Å²) in [6.07, 6.45) is 1.85. The predicted molar refractivity (Wildman–Crippen MR) is 82.3 cm³/mol. The molecule has 0 radical (unpaired) electrons. The molecule has 2 aromatic carbocycles. The topological polar surface area (TPSA) is 12.0 Å². The fraction of sp³-hybridized carbons (Fsp3) is 0.333. The fourth-order valence-electron chi connectivity index (χ4n) is 2.33. The van der Waals surface area contributed by atoms with E-state index in [4.69, 9.17) is 0 Å². The number of hydrogen-bond donors (Lipinski definition) is 1. The molecule has 1 nitrogen and oxygen atoms in total. The van der Waals surface area contributed by atoms with Crippen LogP contribution in [-0.2, 0) is 6.42 Å². The lowest BCUT2D eigenvalue weighted by Gasteiger charge is -2.20. The normalized spacial score (nSPS) is 12.3.